The summed E-state index contributed by atoms with van der Waals surface area (Å²) in [5.41, 5.74) is 4.18. The van der Waals surface area contributed by atoms with Crippen molar-refractivity contribution in [2.24, 2.45) is 7.05 Å². The van der Waals surface area contributed by atoms with E-state index in [1.807, 2.05) is 31.5 Å². The molecule has 1 unspecified atom stereocenters. The van der Waals surface area contributed by atoms with Crippen molar-refractivity contribution in [1.82, 2.24) is 18.8 Å². The molecule has 0 bridgehead atoms. The predicted octanol–water partition coefficient (Wildman–Crippen LogP) is 4.21. The van der Waals surface area contributed by atoms with Crippen molar-refractivity contribution in [3.8, 4) is 0 Å². The Kier molecular flexibility index (Phi) is 6.44. The molecule has 1 aromatic heterocycles. The molecule has 1 fully saturated rings. The highest BCUT2D eigenvalue weighted by Crippen LogP contribution is 2.42. The van der Waals surface area contributed by atoms with Crippen molar-refractivity contribution in [3.05, 3.63) is 59.4 Å². The van der Waals surface area contributed by atoms with Gasteiger partial charge in [-0.15, -0.1) is 0 Å². The highest BCUT2D eigenvalue weighted by atomic mass is 32.2. The lowest BCUT2D eigenvalue weighted by Gasteiger charge is -2.30. The Labute approximate surface area is 207 Å². The van der Waals surface area contributed by atoms with Crippen LogP contribution in [0.2, 0.25) is 0 Å². The third kappa shape index (κ3) is 4.38. The summed E-state index contributed by atoms with van der Waals surface area (Å²) in [5, 5.41) is 0. The smallest absolute Gasteiger partial charge is 0.243 e. The number of carbonyl (C=O) groups is 1. The third-order valence-corrected chi connectivity index (χ3v) is 9.56. The van der Waals surface area contributed by atoms with E-state index < -0.39 is 10.0 Å². The Morgan fingerprint density at radius 2 is 1.83 bits per heavy atom. The molecule has 35 heavy (non-hydrogen) atoms. The van der Waals surface area contributed by atoms with Gasteiger partial charge in [0.15, 0.2) is 0 Å². The van der Waals surface area contributed by atoms with Gasteiger partial charge < -0.3 is 9.47 Å². The van der Waals surface area contributed by atoms with Crippen molar-refractivity contribution in [2.75, 3.05) is 13.1 Å². The minimum Gasteiger partial charge on any atom is -0.333 e. The number of rotatable bonds is 9. The van der Waals surface area contributed by atoms with Gasteiger partial charge in [-0.3, -0.25) is 4.79 Å². The van der Waals surface area contributed by atoms with E-state index in [1.54, 1.807) is 12.1 Å². The maximum atomic E-state index is 13.5. The van der Waals surface area contributed by atoms with Crippen LogP contribution in [0.15, 0.2) is 47.4 Å². The van der Waals surface area contributed by atoms with E-state index in [1.165, 1.54) is 15.4 Å². The van der Waals surface area contributed by atoms with Crippen molar-refractivity contribution < 1.29 is 13.2 Å². The molecule has 1 saturated carbocycles. The number of amides is 1. The van der Waals surface area contributed by atoms with E-state index in [9.17, 15) is 13.2 Å². The Hall–Kier alpha value is -2.71. The summed E-state index contributed by atoms with van der Waals surface area (Å²) in [6, 6.07) is 14.2. The maximum absolute atomic E-state index is 13.5. The number of sulfonamides is 1. The summed E-state index contributed by atoms with van der Waals surface area (Å²) < 4.78 is 29.3. The van der Waals surface area contributed by atoms with Crippen LogP contribution in [0.5, 0.6) is 0 Å². The highest BCUT2D eigenvalue weighted by molar-refractivity contribution is 7.89. The van der Waals surface area contributed by atoms with E-state index in [0.29, 0.717) is 37.5 Å². The predicted molar refractivity (Wildman–Crippen MR) is 137 cm³/mol. The molecule has 186 valence electrons. The number of aryl methyl sites for hydroxylation is 3. The van der Waals surface area contributed by atoms with Gasteiger partial charge in [0.05, 0.1) is 22.0 Å². The zero-order valence-electron chi connectivity index (χ0n) is 20.8. The lowest BCUT2D eigenvalue weighted by atomic mass is 10.1. The minimum absolute atomic E-state index is 0.180. The average molecular weight is 495 g/mol. The summed E-state index contributed by atoms with van der Waals surface area (Å²) in [4.78, 5) is 20.6. The van der Waals surface area contributed by atoms with Crippen LogP contribution >= 0.6 is 0 Å². The van der Waals surface area contributed by atoms with Gasteiger partial charge in [0.2, 0.25) is 15.9 Å². The number of hydrogen-bond donors (Lipinski definition) is 0. The van der Waals surface area contributed by atoms with E-state index in [4.69, 9.17) is 4.98 Å². The molecule has 3 aromatic rings. The zero-order valence-corrected chi connectivity index (χ0v) is 21.6. The van der Waals surface area contributed by atoms with E-state index in [2.05, 4.69) is 29.2 Å². The minimum atomic E-state index is -3.55. The molecule has 2 aliphatic carbocycles. The van der Waals surface area contributed by atoms with Crippen LogP contribution in [-0.4, -0.2) is 52.2 Å². The SMILES string of the molecule is CCN(CC)S(=O)(=O)c1ccc2c(c1)nc(CCC(=O)N(C1CC1)C1CCc3ccccc31)n2C. The van der Waals surface area contributed by atoms with Gasteiger partial charge >= 0.3 is 0 Å². The number of hydrogen-bond acceptors (Lipinski definition) is 4. The first kappa shape index (κ1) is 24.0. The largest absolute Gasteiger partial charge is 0.333 e. The number of fused-ring (bicyclic) bond motifs is 2. The van der Waals surface area contributed by atoms with Crippen molar-refractivity contribution in [3.63, 3.8) is 0 Å². The lowest BCUT2D eigenvalue weighted by molar-refractivity contribution is -0.134. The van der Waals surface area contributed by atoms with Crippen LogP contribution in [0.1, 0.15) is 62.5 Å². The molecule has 5 rings (SSSR count). The quantitative estimate of drug-likeness (QED) is 0.447. The Bertz CT molecular complexity index is 1360. The summed E-state index contributed by atoms with van der Waals surface area (Å²) in [6.45, 7) is 4.53. The standard InChI is InChI=1S/C27H34N4O3S/c1-4-30(5-2)35(33,34)21-13-15-25-23(18-21)28-26(29(25)3)16-17-27(32)31(20-11-12-20)24-14-10-19-8-6-7-9-22(19)24/h6-9,13,15,18,20,24H,4-5,10-12,14,16-17H2,1-3H3. The molecular weight excluding hydrogens is 460 g/mol. The molecule has 0 radical (unpaired) electrons. The second kappa shape index (κ2) is 9.39. The lowest BCUT2D eigenvalue weighted by Crippen LogP contribution is -2.36. The molecule has 1 atom stereocenters. The second-order valence-corrected chi connectivity index (χ2v) is 11.6. The highest BCUT2D eigenvalue weighted by Gasteiger charge is 2.40. The van der Waals surface area contributed by atoms with Gasteiger partial charge in [0.1, 0.15) is 5.82 Å². The fourth-order valence-electron chi connectivity index (χ4n) is 5.48. The van der Waals surface area contributed by atoms with Gasteiger partial charge in [0, 0.05) is 39.0 Å². The molecule has 0 saturated heterocycles. The maximum Gasteiger partial charge on any atom is 0.243 e. The Morgan fingerprint density at radius 3 is 2.54 bits per heavy atom. The van der Waals surface area contributed by atoms with Gasteiger partial charge in [-0.05, 0) is 55.0 Å². The fraction of sp³-hybridized carbons (Fsp3) is 0.481. The van der Waals surface area contributed by atoms with Crippen LogP contribution in [0.3, 0.4) is 0 Å². The first-order valence-corrected chi connectivity index (χ1v) is 14.1. The average Bonchev–Trinajstić information content (AvgIpc) is 3.52. The van der Waals surface area contributed by atoms with Crippen LogP contribution in [0.25, 0.3) is 11.0 Å². The Morgan fingerprint density at radius 1 is 1.09 bits per heavy atom. The summed E-state index contributed by atoms with van der Waals surface area (Å²) in [7, 11) is -1.62. The van der Waals surface area contributed by atoms with Gasteiger partial charge in [-0.1, -0.05) is 38.1 Å². The van der Waals surface area contributed by atoms with Gasteiger partial charge in [-0.25, -0.2) is 13.4 Å². The second-order valence-electron chi connectivity index (χ2n) is 9.61. The molecule has 1 heterocycles. The monoisotopic (exact) mass is 494 g/mol. The first-order chi connectivity index (χ1) is 16.8. The Balaban J connectivity index is 1.35. The summed E-state index contributed by atoms with van der Waals surface area (Å²) >= 11 is 0. The van der Waals surface area contributed by atoms with Crippen molar-refractivity contribution >= 4 is 27.0 Å². The molecule has 2 aromatic carbocycles. The van der Waals surface area contributed by atoms with Crippen molar-refractivity contribution in [2.45, 2.75) is 69.4 Å². The normalized spacial score (nSPS) is 17.8. The number of imidazole rings is 1. The first-order valence-electron chi connectivity index (χ1n) is 12.7. The molecule has 0 spiro atoms. The number of aromatic nitrogens is 2. The topological polar surface area (TPSA) is 75.5 Å². The molecule has 8 heteroatoms. The van der Waals surface area contributed by atoms with Crippen molar-refractivity contribution in [1.29, 1.82) is 0 Å². The molecule has 1 amide bonds. The van der Waals surface area contributed by atoms with Gasteiger partial charge in [-0.2, -0.15) is 4.31 Å². The van der Waals surface area contributed by atoms with Crippen LogP contribution in [0.4, 0.5) is 0 Å². The van der Waals surface area contributed by atoms with Crippen LogP contribution in [-0.2, 0) is 34.7 Å². The summed E-state index contributed by atoms with van der Waals surface area (Å²) in [5.74, 6) is 0.986. The zero-order chi connectivity index (χ0) is 24.7. The van der Waals surface area contributed by atoms with Crippen LogP contribution < -0.4 is 0 Å². The molecule has 7 nitrogen and oxygen atoms in total. The number of nitrogens with zero attached hydrogens (tertiary/aromatic N) is 4. The number of carbonyl (C=O) groups excluding carboxylic acids is 1. The van der Waals surface area contributed by atoms with E-state index >= 15 is 0 Å². The number of benzene rings is 2. The molecule has 0 aliphatic heterocycles. The van der Waals surface area contributed by atoms with Crippen LogP contribution in [0, 0.1) is 0 Å². The third-order valence-electron chi connectivity index (χ3n) is 7.52. The van der Waals surface area contributed by atoms with Gasteiger partial charge in [0.25, 0.3) is 0 Å². The van der Waals surface area contributed by atoms with E-state index in [0.717, 1.165) is 37.0 Å². The van der Waals surface area contributed by atoms with E-state index in [-0.39, 0.29) is 16.8 Å². The molecule has 2 aliphatic rings. The summed E-state index contributed by atoms with van der Waals surface area (Å²) in [6.07, 6.45) is 5.12. The molecule has 0 N–H and O–H groups in total. The molecular formula is C27H34N4O3S. The fourth-order valence-corrected chi connectivity index (χ4v) is 6.96.